The van der Waals surface area contributed by atoms with Crippen molar-refractivity contribution in [3.05, 3.63) is 0 Å². The van der Waals surface area contributed by atoms with Crippen LogP contribution in [-0.2, 0) is 9.09 Å². The number of rotatable bonds is 4. The summed E-state index contributed by atoms with van der Waals surface area (Å²) in [5.41, 5.74) is 0.0428. The third-order valence-electron chi connectivity index (χ3n) is 2.82. The summed E-state index contributed by atoms with van der Waals surface area (Å²) in [6.45, 7) is 4.29. The van der Waals surface area contributed by atoms with Gasteiger partial charge in [0.15, 0.2) is 0 Å². The van der Waals surface area contributed by atoms with Gasteiger partial charge in [0.1, 0.15) is 0 Å². The summed E-state index contributed by atoms with van der Waals surface area (Å²) in [6.07, 6.45) is 1.94. The Kier molecular flexibility index (Phi) is 2.64. The molecule has 1 rings (SSSR count). The van der Waals surface area contributed by atoms with Gasteiger partial charge in [-0.1, -0.05) is 13.8 Å². The van der Waals surface area contributed by atoms with E-state index >= 15 is 0 Å². The SMILES string of the molecule is CCC1(COP(=O)(O)O)CC1C. The third kappa shape index (κ3) is 2.30. The largest absolute Gasteiger partial charge is 0.469 e. The highest BCUT2D eigenvalue weighted by Gasteiger charge is 2.50. The van der Waals surface area contributed by atoms with E-state index in [0.717, 1.165) is 12.8 Å². The van der Waals surface area contributed by atoms with Crippen molar-refractivity contribution in [2.24, 2.45) is 11.3 Å². The van der Waals surface area contributed by atoms with Gasteiger partial charge in [0.25, 0.3) is 0 Å². The minimum atomic E-state index is -4.26. The molecule has 72 valence electrons. The Morgan fingerprint density at radius 3 is 2.42 bits per heavy atom. The Hall–Kier alpha value is 0.110. The van der Waals surface area contributed by atoms with E-state index in [1.54, 1.807) is 0 Å². The van der Waals surface area contributed by atoms with E-state index < -0.39 is 7.82 Å². The molecular weight excluding hydrogens is 179 g/mol. The molecule has 1 saturated carbocycles. The molecule has 0 bridgehead atoms. The molecule has 0 aromatic heterocycles. The molecule has 0 spiro atoms. The quantitative estimate of drug-likeness (QED) is 0.666. The van der Waals surface area contributed by atoms with Crippen LogP contribution in [0.3, 0.4) is 0 Å². The Morgan fingerprint density at radius 2 is 2.17 bits per heavy atom. The van der Waals surface area contributed by atoms with Crippen molar-refractivity contribution >= 4 is 7.82 Å². The molecule has 1 aliphatic carbocycles. The number of phosphoric ester groups is 1. The molecule has 5 heteroatoms. The molecule has 4 nitrogen and oxygen atoms in total. The van der Waals surface area contributed by atoms with Gasteiger partial charge in [-0.05, 0) is 24.2 Å². The Labute approximate surface area is 72.2 Å². The summed E-state index contributed by atoms with van der Waals surface area (Å²) >= 11 is 0. The Bertz CT molecular complexity index is 207. The van der Waals surface area contributed by atoms with E-state index in [2.05, 4.69) is 11.4 Å². The predicted octanol–water partition coefficient (Wildman–Crippen LogP) is 1.53. The lowest BCUT2D eigenvalue weighted by Gasteiger charge is -2.14. The van der Waals surface area contributed by atoms with Crippen molar-refractivity contribution in [2.45, 2.75) is 26.7 Å². The van der Waals surface area contributed by atoms with E-state index in [-0.39, 0.29) is 12.0 Å². The number of hydrogen-bond acceptors (Lipinski definition) is 2. The zero-order valence-corrected chi connectivity index (χ0v) is 8.25. The van der Waals surface area contributed by atoms with Gasteiger partial charge in [0, 0.05) is 0 Å². The van der Waals surface area contributed by atoms with Crippen LogP contribution in [0.4, 0.5) is 0 Å². The van der Waals surface area contributed by atoms with Crippen LogP contribution in [0, 0.1) is 11.3 Å². The number of hydrogen-bond donors (Lipinski definition) is 2. The van der Waals surface area contributed by atoms with Gasteiger partial charge in [0.2, 0.25) is 0 Å². The summed E-state index contributed by atoms with van der Waals surface area (Å²) in [6, 6.07) is 0. The maximum absolute atomic E-state index is 10.4. The van der Waals surface area contributed by atoms with E-state index in [1.807, 2.05) is 6.92 Å². The van der Waals surface area contributed by atoms with Crippen LogP contribution in [0.1, 0.15) is 26.7 Å². The first-order chi connectivity index (χ1) is 5.40. The van der Waals surface area contributed by atoms with Gasteiger partial charge in [0.05, 0.1) is 6.61 Å². The highest BCUT2D eigenvalue weighted by Crippen LogP contribution is 2.56. The fourth-order valence-corrected chi connectivity index (χ4v) is 1.98. The first-order valence-electron chi connectivity index (χ1n) is 4.10. The first-order valence-corrected chi connectivity index (χ1v) is 5.63. The molecule has 1 aliphatic rings. The normalized spacial score (nSPS) is 35.2. The van der Waals surface area contributed by atoms with Crippen LogP contribution in [0.15, 0.2) is 0 Å². The highest BCUT2D eigenvalue weighted by molar-refractivity contribution is 7.46. The van der Waals surface area contributed by atoms with Crippen molar-refractivity contribution < 1.29 is 18.9 Å². The van der Waals surface area contributed by atoms with Gasteiger partial charge in [-0.2, -0.15) is 0 Å². The first kappa shape index (κ1) is 10.2. The van der Waals surface area contributed by atoms with Crippen LogP contribution < -0.4 is 0 Å². The minimum absolute atomic E-state index is 0.0428. The lowest BCUT2D eigenvalue weighted by Crippen LogP contribution is -2.10. The monoisotopic (exact) mass is 194 g/mol. The molecule has 2 unspecified atom stereocenters. The van der Waals surface area contributed by atoms with Crippen LogP contribution in [-0.4, -0.2) is 16.4 Å². The molecular formula is C7H15O4P. The summed E-state index contributed by atoms with van der Waals surface area (Å²) in [5.74, 6) is 0.536. The molecule has 12 heavy (non-hydrogen) atoms. The highest BCUT2D eigenvalue weighted by atomic mass is 31.2. The summed E-state index contributed by atoms with van der Waals surface area (Å²) < 4.78 is 14.9. The molecule has 2 N–H and O–H groups in total. The molecule has 1 fully saturated rings. The molecule has 0 aliphatic heterocycles. The molecule has 0 amide bonds. The van der Waals surface area contributed by atoms with Crippen molar-refractivity contribution in [3.63, 3.8) is 0 Å². The van der Waals surface area contributed by atoms with Gasteiger partial charge >= 0.3 is 7.82 Å². The van der Waals surface area contributed by atoms with Crippen LogP contribution >= 0.6 is 7.82 Å². The smallest absolute Gasteiger partial charge is 0.303 e. The van der Waals surface area contributed by atoms with Gasteiger partial charge in [-0.15, -0.1) is 0 Å². The van der Waals surface area contributed by atoms with Crippen molar-refractivity contribution in [3.8, 4) is 0 Å². The summed E-state index contributed by atoms with van der Waals surface area (Å²) in [5, 5.41) is 0. The second-order valence-electron chi connectivity index (χ2n) is 3.59. The van der Waals surface area contributed by atoms with E-state index in [4.69, 9.17) is 9.79 Å². The van der Waals surface area contributed by atoms with Gasteiger partial charge in [-0.25, -0.2) is 4.57 Å². The van der Waals surface area contributed by atoms with E-state index in [1.165, 1.54) is 0 Å². The maximum atomic E-state index is 10.4. The summed E-state index contributed by atoms with van der Waals surface area (Å²) in [4.78, 5) is 17.0. The fraction of sp³-hybridized carbons (Fsp3) is 1.00. The van der Waals surface area contributed by atoms with Crippen LogP contribution in [0.25, 0.3) is 0 Å². The molecule has 0 aromatic rings. The van der Waals surface area contributed by atoms with Crippen LogP contribution in [0.2, 0.25) is 0 Å². The topological polar surface area (TPSA) is 66.8 Å². The van der Waals surface area contributed by atoms with Crippen molar-refractivity contribution in [1.82, 2.24) is 0 Å². The van der Waals surface area contributed by atoms with Crippen LogP contribution in [0.5, 0.6) is 0 Å². The molecule has 0 heterocycles. The Morgan fingerprint density at radius 1 is 1.67 bits per heavy atom. The zero-order chi connectivity index (χ0) is 9.41. The summed E-state index contributed by atoms with van der Waals surface area (Å²) in [7, 11) is -4.26. The molecule has 0 aromatic carbocycles. The standard InChI is InChI=1S/C7H15O4P/c1-3-7(4-6(7)2)5-11-12(8,9)10/h6H,3-5H2,1-2H3,(H2,8,9,10). The van der Waals surface area contributed by atoms with E-state index in [9.17, 15) is 4.57 Å². The zero-order valence-electron chi connectivity index (χ0n) is 7.36. The molecule has 0 saturated heterocycles. The maximum Gasteiger partial charge on any atom is 0.469 e. The molecule has 2 atom stereocenters. The second kappa shape index (κ2) is 3.11. The lowest BCUT2D eigenvalue weighted by molar-refractivity contribution is 0.151. The average Bonchev–Trinajstić information content (AvgIpc) is 2.57. The van der Waals surface area contributed by atoms with Gasteiger partial charge in [-0.3, -0.25) is 4.52 Å². The molecule has 0 radical (unpaired) electrons. The van der Waals surface area contributed by atoms with Crippen molar-refractivity contribution in [1.29, 1.82) is 0 Å². The van der Waals surface area contributed by atoms with Gasteiger partial charge < -0.3 is 9.79 Å². The van der Waals surface area contributed by atoms with E-state index in [0.29, 0.717) is 5.92 Å². The average molecular weight is 194 g/mol. The minimum Gasteiger partial charge on any atom is -0.303 e. The fourth-order valence-electron chi connectivity index (χ4n) is 1.56. The third-order valence-corrected chi connectivity index (χ3v) is 3.29. The second-order valence-corrected chi connectivity index (χ2v) is 4.82. The number of phosphoric acid groups is 1. The lowest BCUT2D eigenvalue weighted by atomic mass is 10.0. The Balaban J connectivity index is 2.37. The predicted molar refractivity (Wildman–Crippen MR) is 44.5 cm³/mol. The van der Waals surface area contributed by atoms with Crippen molar-refractivity contribution in [2.75, 3.05) is 6.61 Å².